The summed E-state index contributed by atoms with van der Waals surface area (Å²) in [5.41, 5.74) is 2.11. The highest BCUT2D eigenvalue weighted by Crippen LogP contribution is 2.13. The van der Waals surface area contributed by atoms with Crippen LogP contribution in [-0.4, -0.2) is 28.7 Å². The van der Waals surface area contributed by atoms with Crippen LogP contribution in [0.15, 0.2) is 4.79 Å². The van der Waals surface area contributed by atoms with Crippen molar-refractivity contribution in [1.29, 1.82) is 0 Å². The smallest absolute Gasteiger partial charge is 0.311 e. The van der Waals surface area contributed by atoms with Gasteiger partial charge in [0.15, 0.2) is 6.61 Å². The highest BCUT2D eigenvalue weighted by Gasteiger charge is 2.28. The number of aryl methyl sites for hydroxylation is 2. The standard InChI is InChI=1S/C11H14F3N3O3/c1-6-8(10(19)16-7(2)15-6)3-4-9(18)17-20-5-11(12,13)14/h3-5H2,1-2H3,(H,17,18)(H,15,16,19). The van der Waals surface area contributed by atoms with Crippen molar-refractivity contribution < 1.29 is 22.8 Å². The van der Waals surface area contributed by atoms with Crippen LogP contribution in [0.4, 0.5) is 13.2 Å². The quantitative estimate of drug-likeness (QED) is 0.791. The maximum atomic E-state index is 11.8. The first kappa shape index (κ1) is 16.2. The van der Waals surface area contributed by atoms with Crippen LogP contribution < -0.4 is 11.0 Å². The van der Waals surface area contributed by atoms with E-state index in [-0.39, 0.29) is 18.4 Å². The fourth-order valence-corrected chi connectivity index (χ4v) is 1.53. The van der Waals surface area contributed by atoms with Crippen molar-refractivity contribution in [3.63, 3.8) is 0 Å². The van der Waals surface area contributed by atoms with Crippen molar-refractivity contribution >= 4 is 5.91 Å². The van der Waals surface area contributed by atoms with E-state index in [1.54, 1.807) is 19.3 Å². The molecule has 0 radical (unpaired) electrons. The number of aromatic amines is 1. The summed E-state index contributed by atoms with van der Waals surface area (Å²) in [6.45, 7) is 1.68. The van der Waals surface area contributed by atoms with Gasteiger partial charge in [-0.25, -0.2) is 10.5 Å². The van der Waals surface area contributed by atoms with E-state index in [0.717, 1.165) is 0 Å². The van der Waals surface area contributed by atoms with E-state index in [1.807, 2.05) is 0 Å². The zero-order valence-electron chi connectivity index (χ0n) is 10.9. The number of nitrogens with zero attached hydrogens (tertiary/aromatic N) is 1. The molecular formula is C11H14F3N3O3. The van der Waals surface area contributed by atoms with Crippen LogP contribution >= 0.6 is 0 Å². The number of carbonyl (C=O) groups excluding carboxylic acids is 1. The van der Waals surface area contributed by atoms with Gasteiger partial charge in [0.2, 0.25) is 5.91 Å². The van der Waals surface area contributed by atoms with Crippen LogP contribution in [-0.2, 0) is 16.1 Å². The number of aromatic nitrogens is 2. The summed E-state index contributed by atoms with van der Waals surface area (Å²) >= 11 is 0. The topological polar surface area (TPSA) is 84.1 Å². The molecule has 1 rings (SSSR count). The first-order chi connectivity index (χ1) is 9.19. The van der Waals surface area contributed by atoms with Gasteiger partial charge in [0.05, 0.1) is 0 Å². The van der Waals surface area contributed by atoms with Gasteiger partial charge in [-0.1, -0.05) is 0 Å². The molecule has 0 saturated heterocycles. The molecule has 2 N–H and O–H groups in total. The molecule has 0 bridgehead atoms. The summed E-state index contributed by atoms with van der Waals surface area (Å²) in [6, 6.07) is 0. The molecule has 1 aromatic rings. The van der Waals surface area contributed by atoms with Gasteiger partial charge in [-0.2, -0.15) is 13.2 Å². The van der Waals surface area contributed by atoms with Crippen LogP contribution in [0, 0.1) is 13.8 Å². The Labute approximate surface area is 112 Å². The SMILES string of the molecule is Cc1nc(C)c(CCC(=O)NOCC(F)(F)F)c(=O)[nH]1. The molecule has 112 valence electrons. The zero-order valence-corrected chi connectivity index (χ0v) is 10.9. The van der Waals surface area contributed by atoms with Gasteiger partial charge >= 0.3 is 6.18 Å². The average molecular weight is 293 g/mol. The summed E-state index contributed by atoms with van der Waals surface area (Å²) in [6.07, 6.45) is -4.62. The summed E-state index contributed by atoms with van der Waals surface area (Å²) in [7, 11) is 0. The molecule has 0 saturated carbocycles. The Morgan fingerprint density at radius 1 is 1.40 bits per heavy atom. The first-order valence-electron chi connectivity index (χ1n) is 5.73. The number of carbonyl (C=O) groups is 1. The maximum Gasteiger partial charge on any atom is 0.414 e. The molecule has 0 spiro atoms. The molecule has 0 aromatic carbocycles. The number of rotatable bonds is 5. The fraction of sp³-hybridized carbons (Fsp3) is 0.545. The molecule has 1 aromatic heterocycles. The molecule has 0 atom stereocenters. The number of amides is 1. The monoisotopic (exact) mass is 293 g/mol. The third-order valence-corrected chi connectivity index (χ3v) is 2.36. The Bertz CT molecular complexity index is 540. The Hall–Kier alpha value is -1.90. The normalized spacial score (nSPS) is 11.4. The number of hydrogen-bond acceptors (Lipinski definition) is 4. The van der Waals surface area contributed by atoms with E-state index in [4.69, 9.17) is 0 Å². The van der Waals surface area contributed by atoms with E-state index < -0.39 is 18.7 Å². The van der Waals surface area contributed by atoms with Crippen LogP contribution in [0.5, 0.6) is 0 Å². The van der Waals surface area contributed by atoms with Gasteiger partial charge in [0.1, 0.15) is 5.82 Å². The lowest BCUT2D eigenvalue weighted by molar-refractivity contribution is -0.191. The number of hydroxylamine groups is 1. The molecule has 1 heterocycles. The van der Waals surface area contributed by atoms with Gasteiger partial charge in [0.25, 0.3) is 5.56 Å². The predicted octanol–water partition coefficient (Wildman–Crippen LogP) is 0.929. The second-order valence-electron chi connectivity index (χ2n) is 4.14. The van der Waals surface area contributed by atoms with Crippen LogP contribution in [0.3, 0.4) is 0 Å². The van der Waals surface area contributed by atoms with Gasteiger partial charge in [0, 0.05) is 17.7 Å². The molecule has 9 heteroatoms. The van der Waals surface area contributed by atoms with Gasteiger partial charge < -0.3 is 4.98 Å². The van der Waals surface area contributed by atoms with Crippen molar-refractivity contribution in [2.45, 2.75) is 32.9 Å². The average Bonchev–Trinajstić information content (AvgIpc) is 2.25. The fourth-order valence-electron chi connectivity index (χ4n) is 1.53. The molecular weight excluding hydrogens is 279 g/mol. The molecule has 0 unspecified atom stereocenters. The second-order valence-corrected chi connectivity index (χ2v) is 4.14. The zero-order chi connectivity index (χ0) is 15.3. The van der Waals surface area contributed by atoms with E-state index in [0.29, 0.717) is 17.1 Å². The number of halogens is 3. The van der Waals surface area contributed by atoms with Crippen molar-refractivity contribution in [2.75, 3.05) is 6.61 Å². The predicted molar refractivity (Wildman–Crippen MR) is 62.8 cm³/mol. The molecule has 0 aliphatic carbocycles. The van der Waals surface area contributed by atoms with E-state index in [2.05, 4.69) is 14.8 Å². The first-order valence-corrected chi connectivity index (χ1v) is 5.73. The Balaban J connectivity index is 2.48. The largest absolute Gasteiger partial charge is 0.414 e. The van der Waals surface area contributed by atoms with Crippen LogP contribution in [0.1, 0.15) is 23.5 Å². The van der Waals surface area contributed by atoms with Crippen LogP contribution in [0.2, 0.25) is 0 Å². The highest BCUT2D eigenvalue weighted by atomic mass is 19.4. The maximum absolute atomic E-state index is 11.8. The summed E-state index contributed by atoms with van der Waals surface area (Å²) in [5.74, 6) is -0.289. The molecule has 6 nitrogen and oxygen atoms in total. The number of hydrogen-bond donors (Lipinski definition) is 2. The third-order valence-electron chi connectivity index (χ3n) is 2.36. The van der Waals surface area contributed by atoms with Gasteiger partial charge in [-0.3, -0.25) is 14.4 Å². The Morgan fingerprint density at radius 2 is 2.05 bits per heavy atom. The molecule has 0 aliphatic rings. The van der Waals surface area contributed by atoms with E-state index in [1.165, 1.54) is 0 Å². The number of alkyl halides is 3. The van der Waals surface area contributed by atoms with Crippen LogP contribution in [0.25, 0.3) is 0 Å². The van der Waals surface area contributed by atoms with E-state index in [9.17, 15) is 22.8 Å². The molecule has 0 aliphatic heterocycles. The lowest BCUT2D eigenvalue weighted by Gasteiger charge is -2.08. The summed E-state index contributed by atoms with van der Waals surface area (Å²) in [5, 5.41) is 0. The third kappa shape index (κ3) is 5.39. The molecule has 1 amide bonds. The van der Waals surface area contributed by atoms with Crippen molar-refractivity contribution in [3.05, 3.63) is 27.4 Å². The minimum absolute atomic E-state index is 0.0651. The van der Waals surface area contributed by atoms with Gasteiger partial charge in [-0.05, 0) is 20.3 Å². The lowest BCUT2D eigenvalue weighted by atomic mass is 10.1. The van der Waals surface area contributed by atoms with Crippen molar-refractivity contribution in [3.8, 4) is 0 Å². The lowest BCUT2D eigenvalue weighted by Crippen LogP contribution is -2.30. The second kappa shape index (κ2) is 6.51. The summed E-state index contributed by atoms with van der Waals surface area (Å²) in [4.78, 5) is 33.4. The minimum Gasteiger partial charge on any atom is -0.311 e. The Morgan fingerprint density at radius 3 is 2.60 bits per heavy atom. The Kier molecular flexibility index (Phi) is 5.26. The number of H-pyrrole nitrogens is 1. The van der Waals surface area contributed by atoms with Crippen molar-refractivity contribution in [2.24, 2.45) is 0 Å². The molecule has 0 fully saturated rings. The molecule has 20 heavy (non-hydrogen) atoms. The van der Waals surface area contributed by atoms with E-state index >= 15 is 0 Å². The number of nitrogens with one attached hydrogen (secondary N) is 2. The van der Waals surface area contributed by atoms with Crippen molar-refractivity contribution in [1.82, 2.24) is 15.4 Å². The summed E-state index contributed by atoms with van der Waals surface area (Å²) < 4.78 is 35.3. The highest BCUT2D eigenvalue weighted by molar-refractivity contribution is 5.75. The van der Waals surface area contributed by atoms with Gasteiger partial charge in [-0.15, -0.1) is 0 Å². The minimum atomic E-state index is -4.51.